The second kappa shape index (κ2) is 11.0. The number of thioether (sulfide) groups is 1. The maximum Gasteiger partial charge on any atom is 0.234 e. The molecule has 1 aliphatic carbocycles. The van der Waals surface area contributed by atoms with Crippen molar-refractivity contribution < 1.29 is 14.3 Å². The van der Waals surface area contributed by atoms with Gasteiger partial charge < -0.3 is 14.8 Å². The lowest BCUT2D eigenvalue weighted by molar-refractivity contribution is -0.113. The van der Waals surface area contributed by atoms with Crippen LogP contribution in [0.4, 0.5) is 5.69 Å². The maximum atomic E-state index is 12.5. The van der Waals surface area contributed by atoms with Crippen molar-refractivity contribution in [3.63, 3.8) is 0 Å². The van der Waals surface area contributed by atoms with Crippen molar-refractivity contribution in [2.75, 3.05) is 18.2 Å². The van der Waals surface area contributed by atoms with Crippen LogP contribution in [0.5, 0.6) is 11.5 Å². The zero-order valence-corrected chi connectivity index (χ0v) is 19.5. The number of rotatable bonds is 10. The Morgan fingerprint density at radius 2 is 1.94 bits per heavy atom. The van der Waals surface area contributed by atoms with Crippen LogP contribution in [0, 0.1) is 0 Å². The average molecular weight is 465 g/mol. The van der Waals surface area contributed by atoms with E-state index in [4.69, 9.17) is 9.47 Å². The fraction of sp³-hybridized carbons (Fsp3) is 0.320. The predicted octanol–water partition coefficient (Wildman–Crippen LogP) is 5.19. The Morgan fingerprint density at radius 1 is 1.18 bits per heavy atom. The van der Waals surface area contributed by atoms with Crippen LogP contribution in [-0.4, -0.2) is 39.6 Å². The van der Waals surface area contributed by atoms with Crippen molar-refractivity contribution in [3.05, 3.63) is 61.2 Å². The summed E-state index contributed by atoms with van der Waals surface area (Å²) in [6.07, 6.45) is 6.85. The van der Waals surface area contributed by atoms with E-state index < -0.39 is 0 Å². The maximum absolute atomic E-state index is 12.5. The molecule has 1 heterocycles. The zero-order chi connectivity index (χ0) is 23.0. The smallest absolute Gasteiger partial charge is 0.234 e. The van der Waals surface area contributed by atoms with Crippen LogP contribution < -0.4 is 14.8 Å². The Balaban J connectivity index is 1.43. The molecule has 0 atom stereocenters. The van der Waals surface area contributed by atoms with Gasteiger partial charge in [0.25, 0.3) is 0 Å². The van der Waals surface area contributed by atoms with E-state index in [1.807, 2.05) is 41.0 Å². The summed E-state index contributed by atoms with van der Waals surface area (Å²) in [6.45, 7) is 4.40. The number of aromatic nitrogens is 3. The number of methoxy groups -OCH3 is 1. The molecule has 1 amide bonds. The second-order valence-electron chi connectivity index (χ2n) is 7.79. The summed E-state index contributed by atoms with van der Waals surface area (Å²) in [4.78, 5) is 12.5. The summed E-state index contributed by atoms with van der Waals surface area (Å²) in [5.41, 5.74) is 1.58. The van der Waals surface area contributed by atoms with Crippen LogP contribution in [0.3, 0.4) is 0 Å². The number of para-hydroxylation sites is 2. The van der Waals surface area contributed by atoms with Gasteiger partial charge in [-0.1, -0.05) is 30.0 Å². The summed E-state index contributed by atoms with van der Waals surface area (Å²) in [5, 5.41) is 12.2. The molecule has 0 aliphatic heterocycles. The Morgan fingerprint density at radius 3 is 2.67 bits per heavy atom. The number of hydrogen-bond donors (Lipinski definition) is 1. The molecule has 1 aliphatic rings. The van der Waals surface area contributed by atoms with E-state index >= 15 is 0 Å². The van der Waals surface area contributed by atoms with Crippen LogP contribution in [0.2, 0.25) is 0 Å². The van der Waals surface area contributed by atoms with Gasteiger partial charge in [-0.05, 0) is 62.1 Å². The van der Waals surface area contributed by atoms with Crippen LogP contribution in [0.15, 0.2) is 66.3 Å². The van der Waals surface area contributed by atoms with Crippen molar-refractivity contribution in [2.24, 2.45) is 0 Å². The fourth-order valence-corrected chi connectivity index (χ4v) is 4.60. The monoisotopic (exact) mass is 464 g/mol. The van der Waals surface area contributed by atoms with Crippen LogP contribution in [0.1, 0.15) is 25.7 Å². The number of hydrogen-bond acceptors (Lipinski definition) is 6. The fourth-order valence-electron chi connectivity index (χ4n) is 3.85. The third-order valence-electron chi connectivity index (χ3n) is 5.46. The topological polar surface area (TPSA) is 78.3 Å². The van der Waals surface area contributed by atoms with Crippen molar-refractivity contribution in [2.45, 2.75) is 43.5 Å². The molecule has 2 aromatic carbocycles. The highest BCUT2D eigenvalue weighted by atomic mass is 32.2. The van der Waals surface area contributed by atoms with Gasteiger partial charge in [-0.15, -0.1) is 16.8 Å². The predicted molar refractivity (Wildman–Crippen MR) is 131 cm³/mol. The SMILES string of the molecule is C=CCn1c(SCC(=O)Nc2ccccc2OC)nnc1-c1ccc(OC2CCCC2)cc1. The first-order valence-electron chi connectivity index (χ1n) is 11.0. The molecular formula is C25H28N4O3S. The molecule has 33 heavy (non-hydrogen) atoms. The Hall–Kier alpha value is -3.26. The molecule has 0 bridgehead atoms. The number of nitrogens with zero attached hydrogens (tertiary/aromatic N) is 3. The highest BCUT2D eigenvalue weighted by Gasteiger charge is 2.18. The first-order valence-corrected chi connectivity index (χ1v) is 12.0. The summed E-state index contributed by atoms with van der Waals surface area (Å²) in [6, 6.07) is 15.3. The molecule has 8 heteroatoms. The Bertz CT molecular complexity index is 1090. The van der Waals surface area contributed by atoms with Crippen molar-refractivity contribution in [1.82, 2.24) is 14.8 Å². The van der Waals surface area contributed by atoms with Crippen LogP contribution >= 0.6 is 11.8 Å². The van der Waals surface area contributed by atoms with Crippen LogP contribution in [0.25, 0.3) is 11.4 Å². The van der Waals surface area contributed by atoms with E-state index in [-0.39, 0.29) is 11.7 Å². The summed E-state index contributed by atoms with van der Waals surface area (Å²) in [5.74, 6) is 2.28. The first-order chi connectivity index (χ1) is 16.2. The minimum Gasteiger partial charge on any atom is -0.495 e. The minimum atomic E-state index is -0.146. The van der Waals surface area contributed by atoms with E-state index in [0.29, 0.717) is 29.2 Å². The standard InChI is InChI=1S/C25H28N4O3S/c1-3-16-29-24(18-12-14-20(15-13-18)32-19-8-4-5-9-19)27-28-25(29)33-17-23(30)26-21-10-6-7-11-22(21)31-2/h3,6-7,10-15,19H,1,4-5,8-9,16-17H2,2H3,(H,26,30). The average Bonchev–Trinajstić information content (AvgIpc) is 3.49. The number of nitrogens with one attached hydrogen (secondary N) is 1. The lowest BCUT2D eigenvalue weighted by Gasteiger charge is -2.13. The van der Waals surface area contributed by atoms with E-state index in [1.54, 1.807) is 25.3 Å². The van der Waals surface area contributed by atoms with E-state index in [2.05, 4.69) is 22.1 Å². The van der Waals surface area contributed by atoms with Gasteiger partial charge in [0.15, 0.2) is 11.0 Å². The van der Waals surface area contributed by atoms with Gasteiger partial charge in [-0.2, -0.15) is 0 Å². The molecule has 1 aromatic heterocycles. The molecule has 4 rings (SSSR count). The largest absolute Gasteiger partial charge is 0.495 e. The Kier molecular flexibility index (Phi) is 7.67. The molecule has 3 aromatic rings. The Labute approximate surface area is 198 Å². The third kappa shape index (κ3) is 5.76. The van der Waals surface area contributed by atoms with Gasteiger partial charge in [0.1, 0.15) is 11.5 Å². The quantitative estimate of drug-likeness (QED) is 0.329. The normalized spacial score (nSPS) is 13.6. The molecule has 1 N–H and O–H groups in total. The van der Waals surface area contributed by atoms with Crippen molar-refractivity contribution >= 4 is 23.4 Å². The van der Waals surface area contributed by atoms with Gasteiger partial charge in [-0.3, -0.25) is 9.36 Å². The lowest BCUT2D eigenvalue weighted by Crippen LogP contribution is -2.15. The summed E-state index contributed by atoms with van der Waals surface area (Å²) < 4.78 is 13.3. The van der Waals surface area contributed by atoms with Crippen LogP contribution in [-0.2, 0) is 11.3 Å². The lowest BCUT2D eigenvalue weighted by atomic mass is 10.2. The number of amides is 1. The van der Waals surface area contributed by atoms with Crippen molar-refractivity contribution in [3.8, 4) is 22.9 Å². The number of anilines is 1. The highest BCUT2D eigenvalue weighted by Crippen LogP contribution is 2.29. The molecule has 7 nitrogen and oxygen atoms in total. The van der Waals surface area contributed by atoms with Gasteiger partial charge in [0, 0.05) is 12.1 Å². The molecule has 1 saturated carbocycles. The van der Waals surface area contributed by atoms with Crippen molar-refractivity contribution in [1.29, 1.82) is 0 Å². The zero-order valence-electron chi connectivity index (χ0n) is 18.7. The molecule has 172 valence electrons. The molecule has 0 unspecified atom stereocenters. The summed E-state index contributed by atoms with van der Waals surface area (Å²) >= 11 is 1.33. The highest BCUT2D eigenvalue weighted by molar-refractivity contribution is 7.99. The minimum absolute atomic E-state index is 0.146. The molecule has 0 saturated heterocycles. The number of ether oxygens (including phenoxy) is 2. The van der Waals surface area contributed by atoms with E-state index in [9.17, 15) is 4.79 Å². The number of allylic oxidation sites excluding steroid dienone is 1. The number of carbonyl (C=O) groups excluding carboxylic acids is 1. The van der Waals surface area contributed by atoms with Gasteiger partial charge in [-0.25, -0.2) is 0 Å². The number of benzene rings is 2. The van der Waals surface area contributed by atoms with E-state index in [1.165, 1.54) is 24.6 Å². The number of carbonyl (C=O) groups is 1. The second-order valence-corrected chi connectivity index (χ2v) is 8.73. The molecule has 0 radical (unpaired) electrons. The molecule has 0 spiro atoms. The summed E-state index contributed by atoms with van der Waals surface area (Å²) in [7, 11) is 1.58. The molecular weight excluding hydrogens is 436 g/mol. The molecule has 1 fully saturated rings. The van der Waals surface area contributed by atoms with E-state index in [0.717, 1.165) is 30.0 Å². The third-order valence-corrected chi connectivity index (χ3v) is 6.43. The first kappa shape index (κ1) is 22.9. The van der Waals surface area contributed by atoms with Gasteiger partial charge in [0.2, 0.25) is 5.91 Å². The van der Waals surface area contributed by atoms with Gasteiger partial charge >= 0.3 is 0 Å². The van der Waals surface area contributed by atoms with Gasteiger partial charge in [0.05, 0.1) is 24.7 Å².